The number of H-pyrrole nitrogens is 1. The molecule has 170 valence electrons. The number of hydroxylamine groups is 2. The predicted molar refractivity (Wildman–Crippen MR) is 115 cm³/mol. The monoisotopic (exact) mass is 445 g/mol. The number of fused-ring (bicyclic) bond motifs is 1. The summed E-state index contributed by atoms with van der Waals surface area (Å²) in [5.74, 6) is -1.94. The van der Waals surface area contributed by atoms with Crippen molar-refractivity contribution in [2.24, 2.45) is 5.92 Å². The summed E-state index contributed by atoms with van der Waals surface area (Å²) in [6.45, 7) is 2.42. The third-order valence-corrected chi connectivity index (χ3v) is 6.10. The summed E-state index contributed by atoms with van der Waals surface area (Å²) in [5, 5.41) is 1.17. The molecule has 5 nitrogen and oxygen atoms in total. The number of carbonyl (C=O) groups is 1. The molecule has 2 aromatic carbocycles. The maximum Gasteiger partial charge on any atom is 0.492 e. The van der Waals surface area contributed by atoms with Crippen molar-refractivity contribution in [1.82, 2.24) is 15.0 Å². The van der Waals surface area contributed by atoms with Crippen LogP contribution < -0.4 is 0 Å². The second-order valence-corrected chi connectivity index (χ2v) is 8.44. The summed E-state index contributed by atoms with van der Waals surface area (Å²) in [4.78, 5) is 23.7. The lowest BCUT2D eigenvalue weighted by molar-refractivity contribution is -0.243. The van der Waals surface area contributed by atoms with E-state index in [0.717, 1.165) is 65.4 Å². The number of benzene rings is 2. The first-order valence-electron chi connectivity index (χ1n) is 10.9. The zero-order valence-electron chi connectivity index (χ0n) is 17.9. The number of halogens is 3. The van der Waals surface area contributed by atoms with Gasteiger partial charge in [0.25, 0.3) is 0 Å². The number of carbonyl (C=O) groups excluding carboxylic acids is 1. The fourth-order valence-corrected chi connectivity index (χ4v) is 4.42. The zero-order valence-corrected chi connectivity index (χ0v) is 17.9. The number of alkyl halides is 3. The lowest BCUT2D eigenvalue weighted by atomic mass is 9.89. The number of aromatic nitrogens is 2. The molecule has 0 saturated heterocycles. The summed E-state index contributed by atoms with van der Waals surface area (Å²) < 4.78 is 38.4. The van der Waals surface area contributed by atoms with Crippen LogP contribution in [0, 0.1) is 12.8 Å². The highest BCUT2D eigenvalue weighted by atomic mass is 19.4. The lowest BCUT2D eigenvalue weighted by Crippen LogP contribution is -2.37. The van der Waals surface area contributed by atoms with E-state index in [0.29, 0.717) is 6.54 Å². The van der Waals surface area contributed by atoms with Gasteiger partial charge < -0.3 is 9.82 Å². The van der Waals surface area contributed by atoms with Crippen LogP contribution in [0.15, 0.2) is 42.7 Å². The molecule has 3 aromatic rings. The summed E-state index contributed by atoms with van der Waals surface area (Å²) >= 11 is 0. The van der Waals surface area contributed by atoms with Crippen LogP contribution in [0.25, 0.3) is 22.2 Å². The fourth-order valence-electron chi connectivity index (χ4n) is 4.42. The molecule has 8 heteroatoms. The number of imidazole rings is 1. The van der Waals surface area contributed by atoms with E-state index in [2.05, 4.69) is 9.97 Å². The molecule has 1 fully saturated rings. The smallest absolute Gasteiger partial charge is 0.360 e. The molecular weight excluding hydrogens is 419 g/mol. The Bertz CT molecular complexity index is 1070. The van der Waals surface area contributed by atoms with Crippen molar-refractivity contribution in [3.05, 3.63) is 53.9 Å². The molecule has 1 saturated carbocycles. The van der Waals surface area contributed by atoms with Gasteiger partial charge in [-0.1, -0.05) is 49.6 Å². The number of nitrogens with one attached hydrogen (secondary N) is 1. The number of aromatic amines is 1. The van der Waals surface area contributed by atoms with Gasteiger partial charge in [-0.15, -0.1) is 5.06 Å². The van der Waals surface area contributed by atoms with Gasteiger partial charge in [-0.05, 0) is 54.0 Å². The first kappa shape index (κ1) is 22.3. The largest absolute Gasteiger partial charge is 0.492 e. The lowest BCUT2D eigenvalue weighted by Gasteiger charge is -2.28. The maximum atomic E-state index is 12.8. The molecule has 0 amide bonds. The Labute approximate surface area is 184 Å². The molecule has 0 aliphatic heterocycles. The Morgan fingerprint density at radius 3 is 2.53 bits per heavy atom. The molecule has 1 N–H and O–H groups in total. The van der Waals surface area contributed by atoms with Crippen LogP contribution >= 0.6 is 0 Å². The Hall–Kier alpha value is -2.87. The van der Waals surface area contributed by atoms with Crippen LogP contribution in [-0.4, -0.2) is 33.7 Å². The van der Waals surface area contributed by atoms with Crippen LogP contribution in [0.3, 0.4) is 0 Å². The summed E-state index contributed by atoms with van der Waals surface area (Å²) in [6, 6.07) is 11.6. The van der Waals surface area contributed by atoms with Crippen LogP contribution in [0.4, 0.5) is 13.2 Å². The normalized spacial score (nSPS) is 15.4. The van der Waals surface area contributed by atoms with Crippen LogP contribution in [-0.2, 0) is 16.2 Å². The number of nitrogens with zero attached hydrogens (tertiary/aromatic N) is 2. The summed E-state index contributed by atoms with van der Waals surface area (Å²) in [7, 11) is 0. The second-order valence-electron chi connectivity index (χ2n) is 8.44. The van der Waals surface area contributed by atoms with Gasteiger partial charge in [-0.25, -0.2) is 9.78 Å². The van der Waals surface area contributed by atoms with Crippen LogP contribution in [0.5, 0.6) is 0 Å². The minimum Gasteiger partial charge on any atom is -0.360 e. The molecule has 1 aliphatic rings. The van der Waals surface area contributed by atoms with Crippen molar-refractivity contribution in [3.63, 3.8) is 0 Å². The van der Waals surface area contributed by atoms with Crippen molar-refractivity contribution in [3.8, 4) is 11.1 Å². The molecule has 4 rings (SSSR count). The second kappa shape index (κ2) is 9.32. The van der Waals surface area contributed by atoms with E-state index in [-0.39, 0.29) is 12.5 Å². The number of hydrogen-bond donors (Lipinski definition) is 1. The molecule has 0 spiro atoms. The summed E-state index contributed by atoms with van der Waals surface area (Å²) in [5.41, 5.74) is 5.73. The average Bonchev–Trinajstić information content (AvgIpc) is 3.25. The SMILES string of the molecule is Cc1c(-c2ccc(CN(CC3CCCCC3)OC(=O)C(F)(F)F)cc2)ccc2[nH]cnc12. The van der Waals surface area contributed by atoms with Gasteiger partial charge in [0.05, 0.1) is 23.9 Å². The number of hydrogen-bond acceptors (Lipinski definition) is 4. The molecule has 0 atom stereocenters. The summed E-state index contributed by atoms with van der Waals surface area (Å²) in [6.07, 6.45) is 1.77. The molecular formula is C24H26F3N3O2. The van der Waals surface area contributed by atoms with E-state index >= 15 is 0 Å². The quantitative estimate of drug-likeness (QED) is 0.477. The van der Waals surface area contributed by atoms with Gasteiger partial charge in [0.1, 0.15) is 0 Å². The van der Waals surface area contributed by atoms with Crippen molar-refractivity contribution in [1.29, 1.82) is 0 Å². The van der Waals surface area contributed by atoms with Crippen molar-refractivity contribution >= 4 is 17.0 Å². The first-order chi connectivity index (χ1) is 15.3. The average molecular weight is 445 g/mol. The van der Waals surface area contributed by atoms with E-state index in [1.807, 2.05) is 43.3 Å². The Morgan fingerprint density at radius 1 is 1.12 bits per heavy atom. The topological polar surface area (TPSA) is 58.2 Å². The molecule has 0 unspecified atom stereocenters. The molecule has 0 bridgehead atoms. The minimum absolute atomic E-state index is 0.107. The van der Waals surface area contributed by atoms with Crippen LogP contribution in [0.2, 0.25) is 0 Å². The van der Waals surface area contributed by atoms with E-state index in [1.165, 1.54) is 5.06 Å². The Kier molecular flexibility index (Phi) is 6.50. The Balaban J connectivity index is 1.50. The number of aryl methyl sites for hydroxylation is 1. The third-order valence-electron chi connectivity index (χ3n) is 6.10. The first-order valence-corrected chi connectivity index (χ1v) is 10.9. The highest BCUT2D eigenvalue weighted by Crippen LogP contribution is 2.29. The van der Waals surface area contributed by atoms with Gasteiger partial charge in [0.15, 0.2) is 0 Å². The molecule has 1 aliphatic carbocycles. The van der Waals surface area contributed by atoms with E-state index in [4.69, 9.17) is 4.84 Å². The zero-order chi connectivity index (χ0) is 22.7. The molecule has 1 heterocycles. The van der Waals surface area contributed by atoms with E-state index in [1.54, 1.807) is 6.33 Å². The molecule has 0 radical (unpaired) electrons. The van der Waals surface area contributed by atoms with Gasteiger partial charge in [-0.2, -0.15) is 13.2 Å². The van der Waals surface area contributed by atoms with Crippen LogP contribution in [0.1, 0.15) is 43.2 Å². The van der Waals surface area contributed by atoms with Crippen molar-refractivity contribution in [2.75, 3.05) is 6.54 Å². The fraction of sp³-hybridized carbons (Fsp3) is 0.417. The molecule has 32 heavy (non-hydrogen) atoms. The Morgan fingerprint density at radius 2 is 1.84 bits per heavy atom. The van der Waals surface area contributed by atoms with Gasteiger partial charge in [0.2, 0.25) is 0 Å². The highest BCUT2D eigenvalue weighted by molar-refractivity contribution is 5.86. The standard InChI is InChI=1S/C24H26F3N3O2/c1-16-20(11-12-21-22(16)29-15-28-21)19-9-7-18(8-10-19)14-30(32-23(31)24(25,26)27)13-17-5-3-2-4-6-17/h7-12,15,17H,2-6,13-14H2,1H3,(H,28,29). The van der Waals surface area contributed by atoms with Crippen molar-refractivity contribution in [2.45, 2.75) is 51.7 Å². The van der Waals surface area contributed by atoms with Gasteiger partial charge in [0, 0.05) is 6.54 Å². The van der Waals surface area contributed by atoms with E-state index in [9.17, 15) is 18.0 Å². The van der Waals surface area contributed by atoms with Crippen molar-refractivity contribution < 1.29 is 22.8 Å². The maximum absolute atomic E-state index is 12.8. The third kappa shape index (κ3) is 5.12. The highest BCUT2D eigenvalue weighted by Gasteiger charge is 2.42. The van der Waals surface area contributed by atoms with Gasteiger partial charge >= 0.3 is 12.1 Å². The van der Waals surface area contributed by atoms with Gasteiger partial charge in [-0.3, -0.25) is 0 Å². The number of rotatable bonds is 6. The molecule has 1 aromatic heterocycles. The van der Waals surface area contributed by atoms with E-state index < -0.39 is 12.1 Å². The minimum atomic E-state index is -5.02. The predicted octanol–water partition coefficient (Wildman–Crippen LogP) is 5.94.